The van der Waals surface area contributed by atoms with Crippen molar-refractivity contribution in [3.8, 4) is 0 Å². The van der Waals surface area contributed by atoms with Crippen LogP contribution in [0.2, 0.25) is 0 Å². The predicted molar refractivity (Wildman–Crippen MR) is 97.8 cm³/mol. The minimum absolute atomic E-state index is 0.100. The van der Waals surface area contributed by atoms with E-state index in [0.29, 0.717) is 11.5 Å². The smallest absolute Gasteiger partial charge is 0.365 e. The first-order chi connectivity index (χ1) is 11.8. The first-order valence-electron chi connectivity index (χ1n) is 8.10. The number of hydrogen-bond donors (Lipinski definition) is 2. The molecule has 0 unspecified atom stereocenters. The summed E-state index contributed by atoms with van der Waals surface area (Å²) in [6, 6.07) is 3.16. The second-order valence-corrected chi connectivity index (χ2v) is 9.38. The summed E-state index contributed by atoms with van der Waals surface area (Å²) >= 11 is 0. The summed E-state index contributed by atoms with van der Waals surface area (Å²) < 4.78 is 48.0. The van der Waals surface area contributed by atoms with Gasteiger partial charge < -0.3 is 29.1 Å². The molecule has 11 heteroatoms. The average molecular weight is 395 g/mol. The average Bonchev–Trinajstić information content (AvgIpc) is 2.55. The Balaban J connectivity index is 3.34. The number of rotatable bonds is 12. The van der Waals surface area contributed by atoms with Gasteiger partial charge in [0.25, 0.3) is 0 Å². The van der Waals surface area contributed by atoms with Crippen molar-refractivity contribution in [1.29, 1.82) is 0 Å². The molecule has 25 heavy (non-hydrogen) atoms. The van der Waals surface area contributed by atoms with E-state index in [1.165, 1.54) is 6.20 Å². The molecule has 1 aromatic rings. The lowest BCUT2D eigenvalue weighted by atomic mass is 10.4. The van der Waals surface area contributed by atoms with Crippen molar-refractivity contribution < 1.29 is 27.2 Å². The standard InChI is InChI=1S/C14H27N3O6P2/c1-5-20-24(18,21-6-2)14(25(19,22-7-3)23-8-4)17-13-10-9-12(15)11-16-13/h9-11,14H,5-8,15H2,1-4H3,(H,16,17). The van der Waals surface area contributed by atoms with Crippen LogP contribution in [-0.2, 0) is 27.2 Å². The highest BCUT2D eigenvalue weighted by atomic mass is 31.2. The van der Waals surface area contributed by atoms with Crippen LogP contribution in [0.3, 0.4) is 0 Å². The molecule has 0 fully saturated rings. The summed E-state index contributed by atoms with van der Waals surface area (Å²) in [6.45, 7) is 7.05. The molecule has 0 aliphatic rings. The molecular weight excluding hydrogens is 368 g/mol. The third-order valence-electron chi connectivity index (χ3n) is 2.90. The van der Waals surface area contributed by atoms with E-state index < -0.39 is 20.7 Å². The summed E-state index contributed by atoms with van der Waals surface area (Å²) in [5.74, 6) is 0.290. The molecule has 1 aromatic heterocycles. The van der Waals surface area contributed by atoms with Crippen molar-refractivity contribution >= 4 is 26.7 Å². The van der Waals surface area contributed by atoms with Crippen LogP contribution in [0.25, 0.3) is 0 Å². The highest BCUT2D eigenvalue weighted by Gasteiger charge is 2.51. The Morgan fingerprint density at radius 2 is 1.40 bits per heavy atom. The largest absolute Gasteiger partial charge is 0.397 e. The quantitative estimate of drug-likeness (QED) is 0.507. The van der Waals surface area contributed by atoms with Crippen molar-refractivity contribution in [1.82, 2.24) is 4.98 Å². The first-order valence-corrected chi connectivity index (χ1v) is 11.3. The summed E-state index contributed by atoms with van der Waals surface area (Å²) in [7, 11) is -7.77. The number of nitrogen functional groups attached to an aromatic ring is 1. The summed E-state index contributed by atoms with van der Waals surface area (Å²) in [4.78, 5) is 4.09. The van der Waals surface area contributed by atoms with Crippen molar-refractivity contribution in [2.75, 3.05) is 37.5 Å². The van der Waals surface area contributed by atoms with Gasteiger partial charge in [-0.1, -0.05) is 0 Å². The molecule has 0 amide bonds. The van der Waals surface area contributed by atoms with Crippen LogP contribution >= 0.6 is 15.2 Å². The summed E-state index contributed by atoms with van der Waals surface area (Å²) in [6.07, 6.45) is 1.41. The van der Waals surface area contributed by atoms with Gasteiger partial charge in [-0.3, -0.25) is 9.13 Å². The fourth-order valence-electron chi connectivity index (χ4n) is 2.03. The maximum atomic E-state index is 13.3. The van der Waals surface area contributed by atoms with Crippen molar-refractivity contribution in [3.05, 3.63) is 18.3 Å². The number of nitrogens with one attached hydrogen (secondary N) is 1. The summed E-state index contributed by atoms with van der Waals surface area (Å²) in [5.41, 5.74) is 4.71. The van der Waals surface area contributed by atoms with Crippen molar-refractivity contribution in [2.45, 2.75) is 33.2 Å². The zero-order valence-electron chi connectivity index (χ0n) is 15.0. The molecule has 0 atom stereocenters. The topological polar surface area (TPSA) is 122 Å². The normalized spacial score (nSPS) is 12.5. The minimum atomic E-state index is -3.88. The lowest BCUT2D eigenvalue weighted by molar-refractivity contribution is 0.198. The van der Waals surface area contributed by atoms with E-state index in [1.807, 2.05) is 0 Å². The van der Waals surface area contributed by atoms with Gasteiger partial charge in [-0.2, -0.15) is 0 Å². The van der Waals surface area contributed by atoms with Gasteiger partial charge in [-0.25, -0.2) is 4.98 Å². The molecule has 1 heterocycles. The molecule has 0 aliphatic heterocycles. The number of aromatic nitrogens is 1. The number of pyridine rings is 1. The Morgan fingerprint density at radius 1 is 0.960 bits per heavy atom. The first kappa shape index (κ1) is 22.1. The van der Waals surface area contributed by atoms with Gasteiger partial charge in [0.2, 0.25) is 5.52 Å². The maximum Gasteiger partial charge on any atom is 0.365 e. The lowest BCUT2D eigenvalue weighted by Gasteiger charge is -2.31. The fourth-order valence-corrected chi connectivity index (χ4v) is 6.95. The second kappa shape index (κ2) is 10.3. The van der Waals surface area contributed by atoms with E-state index in [4.69, 9.17) is 23.8 Å². The van der Waals surface area contributed by atoms with Gasteiger partial charge in [0, 0.05) is 0 Å². The molecule has 0 radical (unpaired) electrons. The van der Waals surface area contributed by atoms with Crippen LogP contribution in [0.15, 0.2) is 18.3 Å². The van der Waals surface area contributed by atoms with E-state index >= 15 is 0 Å². The number of hydrogen-bond acceptors (Lipinski definition) is 9. The SMILES string of the molecule is CCOP(=O)(OCC)C(Nc1ccc(N)cn1)P(=O)(OCC)OCC. The molecule has 0 saturated heterocycles. The van der Waals surface area contributed by atoms with Gasteiger partial charge in [0.15, 0.2) is 0 Å². The number of nitrogens with two attached hydrogens (primary N) is 1. The van der Waals surface area contributed by atoms with Crippen LogP contribution in [0.4, 0.5) is 11.5 Å². The van der Waals surface area contributed by atoms with Crippen molar-refractivity contribution in [3.63, 3.8) is 0 Å². The zero-order valence-corrected chi connectivity index (χ0v) is 16.8. The highest BCUT2D eigenvalue weighted by molar-refractivity contribution is 7.72. The highest BCUT2D eigenvalue weighted by Crippen LogP contribution is 2.70. The third-order valence-corrected chi connectivity index (χ3v) is 8.52. The number of nitrogens with zero attached hydrogens (tertiary/aromatic N) is 1. The van der Waals surface area contributed by atoms with E-state index in [2.05, 4.69) is 10.3 Å². The maximum absolute atomic E-state index is 13.3. The molecule has 0 saturated carbocycles. The Hall–Kier alpha value is -0.950. The Labute approximate surface area is 148 Å². The molecule has 144 valence electrons. The minimum Gasteiger partial charge on any atom is -0.397 e. The molecule has 3 N–H and O–H groups in total. The third kappa shape index (κ3) is 6.06. The van der Waals surface area contributed by atoms with Crippen LogP contribution in [0.5, 0.6) is 0 Å². The van der Waals surface area contributed by atoms with E-state index in [1.54, 1.807) is 39.8 Å². The van der Waals surface area contributed by atoms with Crippen LogP contribution in [0.1, 0.15) is 27.7 Å². The second-order valence-electron chi connectivity index (χ2n) is 4.75. The molecule has 0 bridgehead atoms. The zero-order chi connectivity index (χ0) is 18.9. The van der Waals surface area contributed by atoms with Gasteiger partial charge in [-0.05, 0) is 39.8 Å². The summed E-state index contributed by atoms with van der Waals surface area (Å²) in [5, 5.41) is 2.83. The molecule has 0 aromatic carbocycles. The van der Waals surface area contributed by atoms with Gasteiger partial charge in [0.1, 0.15) is 5.82 Å². The molecule has 1 rings (SSSR count). The van der Waals surface area contributed by atoms with Crippen molar-refractivity contribution in [2.24, 2.45) is 0 Å². The molecule has 0 spiro atoms. The number of anilines is 2. The van der Waals surface area contributed by atoms with E-state index in [-0.39, 0.29) is 26.4 Å². The van der Waals surface area contributed by atoms with Crippen LogP contribution < -0.4 is 11.1 Å². The van der Waals surface area contributed by atoms with Gasteiger partial charge in [-0.15, -0.1) is 0 Å². The van der Waals surface area contributed by atoms with Crippen LogP contribution in [-0.4, -0.2) is 36.9 Å². The Kier molecular flexibility index (Phi) is 9.07. The van der Waals surface area contributed by atoms with E-state index in [0.717, 1.165) is 0 Å². The van der Waals surface area contributed by atoms with E-state index in [9.17, 15) is 9.13 Å². The van der Waals surface area contributed by atoms with Gasteiger partial charge >= 0.3 is 15.2 Å². The van der Waals surface area contributed by atoms with Gasteiger partial charge in [0.05, 0.1) is 38.3 Å². The Morgan fingerprint density at radius 3 is 1.72 bits per heavy atom. The lowest BCUT2D eigenvalue weighted by Crippen LogP contribution is -2.26. The van der Waals surface area contributed by atoms with Crippen LogP contribution in [0, 0.1) is 0 Å². The monoisotopic (exact) mass is 395 g/mol. The fraction of sp³-hybridized carbons (Fsp3) is 0.643. The predicted octanol–water partition coefficient (Wildman–Crippen LogP) is 3.89. The molecule has 9 nitrogen and oxygen atoms in total. The Bertz CT molecular complexity index is 563. The molecule has 0 aliphatic carbocycles. The molecular formula is C14H27N3O6P2.